The molecule has 1 N–H and O–H groups in total. The molecule has 1 atom stereocenters. The fraction of sp³-hybridized carbons (Fsp3) is 0.231. The van der Waals surface area contributed by atoms with E-state index in [-0.39, 0.29) is 18.7 Å². The average molecular weight is 417 g/mol. The molecule has 1 aliphatic rings. The highest BCUT2D eigenvalue weighted by Gasteiger charge is 2.51. The predicted octanol–water partition coefficient (Wildman–Crippen LogP) is 4.76. The van der Waals surface area contributed by atoms with Gasteiger partial charge in [0.15, 0.2) is 11.4 Å². The van der Waals surface area contributed by atoms with Crippen LogP contribution in [0.15, 0.2) is 60.7 Å². The molecule has 1 heterocycles. The summed E-state index contributed by atoms with van der Waals surface area (Å²) in [7, 11) is 0. The molecule has 3 aromatic carbocycles. The molecule has 0 saturated heterocycles. The number of amides is 1. The molecule has 3 aromatic rings. The van der Waals surface area contributed by atoms with Crippen molar-refractivity contribution < 1.29 is 19.1 Å². The Balaban J connectivity index is 1.71. The standard InChI is InChI=1S/C26H24FNO3/c1-16-12-18(3)20(13-17(16)2)24(29)14-26(31)21-9-5-7-11-23(21)28(25(26)30)15-19-8-4-6-10-22(19)27/h4-13,31H,14-15H2,1-3H3. The first-order chi connectivity index (χ1) is 14.7. The molecule has 158 valence electrons. The highest BCUT2D eigenvalue weighted by molar-refractivity contribution is 6.11. The van der Waals surface area contributed by atoms with Gasteiger partial charge in [0.25, 0.3) is 5.91 Å². The van der Waals surface area contributed by atoms with Crippen molar-refractivity contribution in [1.82, 2.24) is 0 Å². The molecule has 1 unspecified atom stereocenters. The number of hydrogen-bond acceptors (Lipinski definition) is 3. The largest absolute Gasteiger partial charge is 0.375 e. The Morgan fingerprint density at radius 2 is 1.61 bits per heavy atom. The second-order valence-corrected chi connectivity index (χ2v) is 8.21. The van der Waals surface area contributed by atoms with Crippen LogP contribution < -0.4 is 4.90 Å². The zero-order chi connectivity index (χ0) is 22.3. The summed E-state index contributed by atoms with van der Waals surface area (Å²) in [5.41, 5.74) is 2.55. The van der Waals surface area contributed by atoms with Gasteiger partial charge in [-0.2, -0.15) is 0 Å². The lowest BCUT2D eigenvalue weighted by Crippen LogP contribution is -2.41. The number of ketones is 1. The zero-order valence-corrected chi connectivity index (χ0v) is 17.8. The third kappa shape index (κ3) is 3.55. The van der Waals surface area contributed by atoms with Crippen molar-refractivity contribution >= 4 is 17.4 Å². The maximum atomic E-state index is 14.2. The molecule has 4 rings (SSSR count). The number of carbonyl (C=O) groups excluding carboxylic acids is 2. The lowest BCUT2D eigenvalue weighted by molar-refractivity contribution is -0.136. The average Bonchev–Trinajstić information content (AvgIpc) is 2.94. The Morgan fingerprint density at radius 1 is 0.968 bits per heavy atom. The van der Waals surface area contributed by atoms with Crippen molar-refractivity contribution in [3.8, 4) is 0 Å². The van der Waals surface area contributed by atoms with Crippen LogP contribution in [0.1, 0.15) is 44.6 Å². The lowest BCUT2D eigenvalue weighted by atomic mass is 9.86. The first kappa shape index (κ1) is 20.9. The topological polar surface area (TPSA) is 57.6 Å². The SMILES string of the molecule is Cc1cc(C)c(C(=O)CC2(O)C(=O)N(Cc3ccccc3F)c3ccccc32)cc1C. The van der Waals surface area contributed by atoms with Gasteiger partial charge in [0.1, 0.15) is 5.82 Å². The van der Waals surface area contributed by atoms with E-state index in [1.165, 1.54) is 11.0 Å². The first-order valence-electron chi connectivity index (χ1n) is 10.2. The van der Waals surface area contributed by atoms with E-state index in [0.717, 1.165) is 16.7 Å². The van der Waals surface area contributed by atoms with E-state index in [4.69, 9.17) is 0 Å². The fourth-order valence-corrected chi connectivity index (χ4v) is 4.22. The van der Waals surface area contributed by atoms with Gasteiger partial charge in [-0.25, -0.2) is 4.39 Å². The van der Waals surface area contributed by atoms with E-state index in [2.05, 4.69) is 0 Å². The minimum Gasteiger partial charge on any atom is -0.375 e. The van der Waals surface area contributed by atoms with Crippen molar-refractivity contribution in [1.29, 1.82) is 0 Å². The Kier molecular flexibility index (Phi) is 5.23. The molecule has 1 amide bonds. The highest BCUT2D eigenvalue weighted by Crippen LogP contribution is 2.43. The molecule has 0 radical (unpaired) electrons. The molecule has 0 spiro atoms. The minimum absolute atomic E-state index is 0.0261. The maximum Gasteiger partial charge on any atom is 0.264 e. The van der Waals surface area contributed by atoms with Gasteiger partial charge in [-0.15, -0.1) is 0 Å². The van der Waals surface area contributed by atoms with Crippen molar-refractivity contribution in [2.45, 2.75) is 39.3 Å². The summed E-state index contributed by atoms with van der Waals surface area (Å²) in [6, 6.07) is 16.8. The molecule has 5 heteroatoms. The molecule has 31 heavy (non-hydrogen) atoms. The number of anilines is 1. The van der Waals surface area contributed by atoms with Gasteiger partial charge in [0, 0.05) is 16.7 Å². The number of fused-ring (bicyclic) bond motifs is 1. The van der Waals surface area contributed by atoms with Crippen molar-refractivity contribution in [3.05, 3.63) is 99.9 Å². The summed E-state index contributed by atoms with van der Waals surface area (Å²) < 4.78 is 14.2. The Labute approximate surface area is 181 Å². The fourth-order valence-electron chi connectivity index (χ4n) is 4.22. The van der Waals surface area contributed by atoms with Gasteiger partial charge in [0.05, 0.1) is 18.7 Å². The lowest BCUT2D eigenvalue weighted by Gasteiger charge is -2.23. The molecule has 0 fully saturated rings. The van der Waals surface area contributed by atoms with Crippen LogP contribution in [0.3, 0.4) is 0 Å². The molecule has 0 saturated carbocycles. The first-order valence-corrected chi connectivity index (χ1v) is 10.2. The number of carbonyl (C=O) groups is 2. The van der Waals surface area contributed by atoms with Gasteiger partial charge >= 0.3 is 0 Å². The van der Waals surface area contributed by atoms with Crippen LogP contribution in [0.4, 0.5) is 10.1 Å². The van der Waals surface area contributed by atoms with E-state index in [1.807, 2.05) is 26.8 Å². The van der Waals surface area contributed by atoms with E-state index >= 15 is 0 Å². The third-order valence-corrected chi connectivity index (χ3v) is 6.08. The number of rotatable bonds is 5. The van der Waals surface area contributed by atoms with Crippen LogP contribution in [0.5, 0.6) is 0 Å². The van der Waals surface area contributed by atoms with Gasteiger partial charge in [-0.3, -0.25) is 9.59 Å². The van der Waals surface area contributed by atoms with Gasteiger partial charge in [-0.1, -0.05) is 42.5 Å². The second-order valence-electron chi connectivity index (χ2n) is 8.21. The van der Waals surface area contributed by atoms with Crippen LogP contribution in [0, 0.1) is 26.6 Å². The molecular formula is C26H24FNO3. The number of hydrogen-bond donors (Lipinski definition) is 1. The quantitative estimate of drug-likeness (QED) is 0.609. The molecule has 0 bridgehead atoms. The Morgan fingerprint density at radius 3 is 2.35 bits per heavy atom. The summed E-state index contributed by atoms with van der Waals surface area (Å²) in [5.74, 6) is -1.35. The number of aliphatic hydroxyl groups is 1. The molecule has 1 aliphatic heterocycles. The number of para-hydroxylation sites is 1. The molecule has 0 aromatic heterocycles. The van der Waals surface area contributed by atoms with Crippen LogP contribution >= 0.6 is 0 Å². The van der Waals surface area contributed by atoms with E-state index < -0.39 is 17.3 Å². The number of benzene rings is 3. The van der Waals surface area contributed by atoms with Gasteiger partial charge in [0.2, 0.25) is 0 Å². The van der Waals surface area contributed by atoms with Gasteiger partial charge in [-0.05, 0) is 55.7 Å². The zero-order valence-electron chi connectivity index (χ0n) is 17.8. The molecular weight excluding hydrogens is 393 g/mol. The van der Waals surface area contributed by atoms with Crippen molar-refractivity contribution in [2.24, 2.45) is 0 Å². The van der Waals surface area contributed by atoms with Crippen molar-refractivity contribution in [2.75, 3.05) is 4.90 Å². The number of Topliss-reactive ketones (excluding diaryl/α,β-unsaturated/α-hetero) is 1. The number of aryl methyl sites for hydroxylation is 3. The monoisotopic (exact) mass is 417 g/mol. The Bertz CT molecular complexity index is 1200. The highest BCUT2D eigenvalue weighted by atomic mass is 19.1. The third-order valence-electron chi connectivity index (χ3n) is 6.08. The Hall–Kier alpha value is -3.31. The van der Waals surface area contributed by atoms with Crippen molar-refractivity contribution in [3.63, 3.8) is 0 Å². The van der Waals surface area contributed by atoms with Crippen LogP contribution in [0.2, 0.25) is 0 Å². The minimum atomic E-state index is -2.00. The predicted molar refractivity (Wildman–Crippen MR) is 118 cm³/mol. The smallest absolute Gasteiger partial charge is 0.264 e. The summed E-state index contributed by atoms with van der Waals surface area (Å²) in [6.45, 7) is 5.72. The van der Waals surface area contributed by atoms with Gasteiger partial charge < -0.3 is 10.0 Å². The number of nitrogens with zero attached hydrogens (tertiary/aromatic N) is 1. The normalized spacial score (nSPS) is 17.7. The van der Waals surface area contributed by atoms with E-state index in [0.29, 0.717) is 22.4 Å². The van der Waals surface area contributed by atoms with E-state index in [9.17, 15) is 19.1 Å². The summed E-state index contributed by atoms with van der Waals surface area (Å²) in [6.07, 6.45) is -0.375. The summed E-state index contributed by atoms with van der Waals surface area (Å²) in [5, 5.41) is 11.5. The van der Waals surface area contributed by atoms with Crippen LogP contribution in [0.25, 0.3) is 0 Å². The van der Waals surface area contributed by atoms with E-state index in [1.54, 1.807) is 48.5 Å². The maximum absolute atomic E-state index is 14.2. The summed E-state index contributed by atoms with van der Waals surface area (Å²) in [4.78, 5) is 27.9. The summed E-state index contributed by atoms with van der Waals surface area (Å²) >= 11 is 0. The number of halogens is 1. The second kappa shape index (κ2) is 7.75. The van der Waals surface area contributed by atoms with Crippen LogP contribution in [-0.4, -0.2) is 16.8 Å². The van der Waals surface area contributed by atoms with Crippen LogP contribution in [-0.2, 0) is 16.9 Å². The molecule has 0 aliphatic carbocycles. The molecule has 4 nitrogen and oxygen atoms in total.